The first-order valence-electron chi connectivity index (χ1n) is 4.90. The predicted octanol–water partition coefficient (Wildman–Crippen LogP) is 0.887. The van der Waals surface area contributed by atoms with E-state index in [0.717, 1.165) is 0 Å². The molecule has 1 saturated heterocycles. The Kier molecular flexibility index (Phi) is 3.21. The van der Waals surface area contributed by atoms with Gasteiger partial charge in [0.2, 0.25) is 0 Å². The Hall–Kier alpha value is -0.160. The molecular formula is C9H18FNO2S. The first kappa shape index (κ1) is 11.9. The van der Waals surface area contributed by atoms with E-state index in [2.05, 4.69) is 0 Å². The van der Waals surface area contributed by atoms with Gasteiger partial charge in [0.1, 0.15) is 5.67 Å². The van der Waals surface area contributed by atoms with Crippen molar-refractivity contribution >= 4 is 9.84 Å². The molecule has 0 saturated carbocycles. The number of nitrogens with two attached hydrogens (primary N) is 1. The highest BCUT2D eigenvalue weighted by Crippen LogP contribution is 2.33. The molecule has 0 aromatic rings. The van der Waals surface area contributed by atoms with Gasteiger partial charge in [0.25, 0.3) is 0 Å². The molecule has 84 valence electrons. The van der Waals surface area contributed by atoms with Gasteiger partial charge >= 0.3 is 0 Å². The van der Waals surface area contributed by atoms with Crippen LogP contribution in [0.5, 0.6) is 0 Å². The van der Waals surface area contributed by atoms with Crippen molar-refractivity contribution in [1.29, 1.82) is 0 Å². The summed E-state index contributed by atoms with van der Waals surface area (Å²) in [7, 11) is -3.04. The molecule has 0 aromatic carbocycles. The molecule has 1 rings (SSSR count). The van der Waals surface area contributed by atoms with E-state index in [0.29, 0.717) is 12.8 Å². The molecule has 0 spiro atoms. The zero-order chi connectivity index (χ0) is 11.0. The van der Waals surface area contributed by atoms with Crippen LogP contribution in [0, 0.1) is 5.92 Å². The lowest BCUT2D eigenvalue weighted by atomic mass is 9.83. The van der Waals surface area contributed by atoms with Crippen LogP contribution < -0.4 is 5.73 Å². The Morgan fingerprint density at radius 3 is 2.57 bits per heavy atom. The Balaban J connectivity index is 2.79. The lowest BCUT2D eigenvalue weighted by molar-refractivity contribution is 0.0808. The zero-order valence-electron chi connectivity index (χ0n) is 8.66. The van der Waals surface area contributed by atoms with E-state index in [1.807, 2.05) is 0 Å². The molecule has 3 atom stereocenters. The lowest BCUT2D eigenvalue weighted by Gasteiger charge is -2.35. The van der Waals surface area contributed by atoms with Gasteiger partial charge < -0.3 is 5.73 Å². The van der Waals surface area contributed by atoms with Crippen LogP contribution in [0.3, 0.4) is 0 Å². The van der Waals surface area contributed by atoms with Gasteiger partial charge in [-0.2, -0.15) is 0 Å². The lowest BCUT2D eigenvalue weighted by Crippen LogP contribution is -2.49. The van der Waals surface area contributed by atoms with E-state index in [-0.39, 0.29) is 11.5 Å². The molecule has 1 fully saturated rings. The topological polar surface area (TPSA) is 60.2 Å². The average molecular weight is 223 g/mol. The maximum Gasteiger partial charge on any atom is 0.150 e. The number of alkyl halides is 1. The first-order valence-corrected chi connectivity index (χ1v) is 6.73. The van der Waals surface area contributed by atoms with Crippen LogP contribution in [-0.4, -0.2) is 31.6 Å². The van der Waals surface area contributed by atoms with Gasteiger partial charge in [0.15, 0.2) is 9.84 Å². The molecule has 3 nitrogen and oxygen atoms in total. The van der Waals surface area contributed by atoms with Gasteiger partial charge in [-0.15, -0.1) is 0 Å². The minimum atomic E-state index is -3.04. The maximum absolute atomic E-state index is 14.1. The Morgan fingerprint density at radius 2 is 2.14 bits per heavy atom. The fourth-order valence-electron chi connectivity index (χ4n) is 1.84. The van der Waals surface area contributed by atoms with Crippen molar-refractivity contribution in [3.63, 3.8) is 0 Å². The van der Waals surface area contributed by atoms with Crippen LogP contribution in [0.1, 0.15) is 26.7 Å². The zero-order valence-corrected chi connectivity index (χ0v) is 9.48. The van der Waals surface area contributed by atoms with Crippen LogP contribution in [-0.2, 0) is 9.84 Å². The molecule has 1 aliphatic rings. The van der Waals surface area contributed by atoms with Crippen molar-refractivity contribution < 1.29 is 12.8 Å². The number of sulfone groups is 1. The van der Waals surface area contributed by atoms with Crippen LogP contribution in [0.4, 0.5) is 4.39 Å². The second-order valence-electron chi connectivity index (χ2n) is 4.39. The second kappa shape index (κ2) is 3.77. The standard InChI is InChI=1S/C9H18FNO2S/c1-7(11)9(2,10)8-4-3-5-14(12,13)6-8/h7-8H,3-6,11H2,1-2H3. The highest BCUT2D eigenvalue weighted by molar-refractivity contribution is 7.91. The quantitative estimate of drug-likeness (QED) is 0.756. The summed E-state index contributed by atoms with van der Waals surface area (Å²) in [6, 6.07) is -0.624. The summed E-state index contributed by atoms with van der Waals surface area (Å²) in [5.41, 5.74) is 3.94. The number of hydrogen-bond acceptors (Lipinski definition) is 3. The van der Waals surface area contributed by atoms with E-state index in [4.69, 9.17) is 5.73 Å². The summed E-state index contributed by atoms with van der Waals surface area (Å²) in [5, 5.41) is 0. The van der Waals surface area contributed by atoms with E-state index >= 15 is 0 Å². The number of rotatable bonds is 2. The van der Waals surface area contributed by atoms with Crippen LogP contribution in [0.25, 0.3) is 0 Å². The fraction of sp³-hybridized carbons (Fsp3) is 1.00. The molecule has 1 aliphatic heterocycles. The molecule has 0 aliphatic carbocycles. The molecule has 3 unspecified atom stereocenters. The van der Waals surface area contributed by atoms with Gasteiger partial charge in [-0.3, -0.25) is 0 Å². The summed E-state index contributed by atoms with van der Waals surface area (Å²) in [6.45, 7) is 2.99. The largest absolute Gasteiger partial charge is 0.325 e. The maximum atomic E-state index is 14.1. The van der Waals surface area contributed by atoms with Gasteiger partial charge in [-0.1, -0.05) is 0 Å². The monoisotopic (exact) mass is 223 g/mol. The van der Waals surface area contributed by atoms with Crippen molar-refractivity contribution in [1.82, 2.24) is 0 Å². The average Bonchev–Trinajstić information content (AvgIpc) is 2.02. The third-order valence-electron chi connectivity index (χ3n) is 3.15. The summed E-state index contributed by atoms with van der Waals surface area (Å²) in [4.78, 5) is 0. The molecule has 0 aromatic heterocycles. The van der Waals surface area contributed by atoms with Gasteiger partial charge in [0, 0.05) is 12.0 Å². The highest BCUT2D eigenvalue weighted by Gasteiger charge is 2.41. The van der Waals surface area contributed by atoms with Gasteiger partial charge in [-0.25, -0.2) is 12.8 Å². The molecular weight excluding hydrogens is 205 g/mol. The van der Waals surface area contributed by atoms with Crippen molar-refractivity contribution in [2.75, 3.05) is 11.5 Å². The molecule has 5 heteroatoms. The van der Waals surface area contributed by atoms with E-state index < -0.39 is 27.5 Å². The normalized spacial score (nSPS) is 33.3. The predicted molar refractivity (Wildman–Crippen MR) is 54.5 cm³/mol. The van der Waals surface area contributed by atoms with E-state index in [1.165, 1.54) is 6.92 Å². The van der Waals surface area contributed by atoms with Crippen LogP contribution in [0.15, 0.2) is 0 Å². The molecule has 0 bridgehead atoms. The van der Waals surface area contributed by atoms with Crippen LogP contribution in [0.2, 0.25) is 0 Å². The van der Waals surface area contributed by atoms with Gasteiger partial charge in [0.05, 0.1) is 11.5 Å². The second-order valence-corrected chi connectivity index (χ2v) is 6.62. The summed E-state index contributed by atoms with van der Waals surface area (Å²) in [5.74, 6) is -0.304. The van der Waals surface area contributed by atoms with E-state index in [9.17, 15) is 12.8 Å². The molecule has 14 heavy (non-hydrogen) atoms. The minimum Gasteiger partial charge on any atom is -0.325 e. The third kappa shape index (κ3) is 2.45. The summed E-state index contributed by atoms with van der Waals surface area (Å²) in [6.07, 6.45) is 1.17. The minimum absolute atomic E-state index is 0.0540. The Morgan fingerprint density at radius 1 is 1.57 bits per heavy atom. The number of hydrogen-bond donors (Lipinski definition) is 1. The smallest absolute Gasteiger partial charge is 0.150 e. The summed E-state index contributed by atoms with van der Waals surface area (Å²) < 4.78 is 36.7. The fourth-order valence-corrected chi connectivity index (χ4v) is 3.72. The van der Waals surface area contributed by atoms with E-state index in [1.54, 1.807) is 6.92 Å². The Labute approximate surface area is 84.8 Å². The van der Waals surface area contributed by atoms with Crippen LogP contribution >= 0.6 is 0 Å². The first-order chi connectivity index (χ1) is 6.26. The summed E-state index contributed by atoms with van der Waals surface area (Å²) >= 11 is 0. The van der Waals surface area contributed by atoms with Crippen molar-refractivity contribution in [3.8, 4) is 0 Å². The molecule has 0 amide bonds. The Bertz CT molecular complexity index is 298. The molecule has 0 radical (unpaired) electrons. The number of halogens is 1. The molecule has 2 N–H and O–H groups in total. The van der Waals surface area contributed by atoms with Crippen molar-refractivity contribution in [2.24, 2.45) is 11.7 Å². The van der Waals surface area contributed by atoms with Crippen molar-refractivity contribution in [2.45, 2.75) is 38.4 Å². The third-order valence-corrected chi connectivity index (χ3v) is 4.97. The van der Waals surface area contributed by atoms with Crippen molar-refractivity contribution in [3.05, 3.63) is 0 Å². The molecule has 1 heterocycles. The highest BCUT2D eigenvalue weighted by atomic mass is 32.2. The SMILES string of the molecule is CC(N)C(C)(F)C1CCCS(=O)(=O)C1. The van der Waals surface area contributed by atoms with Gasteiger partial charge in [-0.05, 0) is 26.7 Å².